The van der Waals surface area contributed by atoms with Crippen LogP contribution >= 0.6 is 12.4 Å². The Labute approximate surface area is 87.9 Å². The van der Waals surface area contributed by atoms with Crippen LogP contribution in [-0.4, -0.2) is 35.2 Å². The van der Waals surface area contributed by atoms with Crippen molar-refractivity contribution in [3.8, 4) is 0 Å². The molecular weight excluding hydrogens is 210 g/mol. The number of hydrogen-bond acceptors (Lipinski definition) is 3. The first kappa shape index (κ1) is 13.2. The number of nitrogens with one attached hydrogen (secondary N) is 1. The maximum atomic E-state index is 10.9. The van der Waals surface area contributed by atoms with Crippen LogP contribution in [0.3, 0.4) is 0 Å². The minimum absolute atomic E-state index is 0. The van der Waals surface area contributed by atoms with E-state index in [1.165, 1.54) is 0 Å². The molecule has 0 aromatic heterocycles. The van der Waals surface area contributed by atoms with Gasteiger partial charge in [0.05, 0.1) is 11.8 Å². The van der Waals surface area contributed by atoms with E-state index in [4.69, 9.17) is 10.2 Å². The van der Waals surface area contributed by atoms with Crippen LogP contribution in [0, 0.1) is 5.41 Å². The largest absolute Gasteiger partial charge is 0.481 e. The van der Waals surface area contributed by atoms with Gasteiger partial charge in [-0.25, -0.2) is 0 Å². The fourth-order valence-electron chi connectivity index (χ4n) is 1.66. The number of carbonyl (C=O) groups is 2. The predicted octanol–water partition coefficient (Wildman–Crippen LogP) is 0.337. The molecule has 1 aliphatic heterocycles. The Balaban J connectivity index is 0.00000169. The van der Waals surface area contributed by atoms with Gasteiger partial charge >= 0.3 is 11.9 Å². The number of rotatable bonds is 3. The van der Waals surface area contributed by atoms with Gasteiger partial charge in [-0.3, -0.25) is 9.59 Å². The van der Waals surface area contributed by atoms with Crippen molar-refractivity contribution in [3.05, 3.63) is 0 Å². The smallest absolute Gasteiger partial charge is 0.310 e. The molecule has 1 aliphatic rings. The summed E-state index contributed by atoms with van der Waals surface area (Å²) in [6, 6.07) is 0. The standard InChI is InChI=1S/C8H13NO4.ClH/c10-6(11)5-8(7(12)13)1-3-9-4-2-8;/h9H,1-5H2,(H,10,11)(H,12,13);1H. The topological polar surface area (TPSA) is 86.6 Å². The minimum Gasteiger partial charge on any atom is -0.481 e. The Bertz CT molecular complexity index is 225. The van der Waals surface area contributed by atoms with Gasteiger partial charge in [0.1, 0.15) is 0 Å². The number of carboxylic acids is 2. The van der Waals surface area contributed by atoms with Gasteiger partial charge in [-0.15, -0.1) is 12.4 Å². The molecule has 0 radical (unpaired) electrons. The maximum Gasteiger partial charge on any atom is 0.310 e. The van der Waals surface area contributed by atoms with Crippen molar-refractivity contribution in [2.24, 2.45) is 5.41 Å². The quantitative estimate of drug-likeness (QED) is 0.642. The van der Waals surface area contributed by atoms with Crippen LogP contribution < -0.4 is 5.32 Å². The van der Waals surface area contributed by atoms with Crippen LogP contribution in [-0.2, 0) is 9.59 Å². The molecule has 6 heteroatoms. The summed E-state index contributed by atoms with van der Waals surface area (Å²) in [5, 5.41) is 20.6. The van der Waals surface area contributed by atoms with Crippen LogP contribution in [0.15, 0.2) is 0 Å². The Morgan fingerprint density at radius 2 is 1.71 bits per heavy atom. The van der Waals surface area contributed by atoms with Crippen molar-refractivity contribution in [2.75, 3.05) is 13.1 Å². The summed E-state index contributed by atoms with van der Waals surface area (Å²) in [5.74, 6) is -2.03. The highest BCUT2D eigenvalue weighted by molar-refractivity contribution is 5.85. The molecule has 0 aromatic carbocycles. The molecule has 1 saturated heterocycles. The first-order valence-electron chi connectivity index (χ1n) is 4.23. The molecule has 3 N–H and O–H groups in total. The molecule has 1 fully saturated rings. The molecule has 0 saturated carbocycles. The summed E-state index contributed by atoms with van der Waals surface area (Å²) in [5.41, 5.74) is -1.04. The van der Waals surface area contributed by atoms with Crippen LogP contribution in [0.1, 0.15) is 19.3 Å². The molecule has 0 amide bonds. The van der Waals surface area contributed by atoms with E-state index in [1.807, 2.05) is 0 Å². The Morgan fingerprint density at radius 1 is 1.21 bits per heavy atom. The van der Waals surface area contributed by atoms with E-state index in [1.54, 1.807) is 0 Å². The molecule has 82 valence electrons. The summed E-state index contributed by atoms with van der Waals surface area (Å²) >= 11 is 0. The lowest BCUT2D eigenvalue weighted by molar-refractivity contribution is -0.157. The molecule has 0 aliphatic carbocycles. The Morgan fingerprint density at radius 3 is 2.07 bits per heavy atom. The van der Waals surface area contributed by atoms with Crippen molar-refractivity contribution >= 4 is 24.3 Å². The van der Waals surface area contributed by atoms with Crippen molar-refractivity contribution in [3.63, 3.8) is 0 Å². The average molecular weight is 224 g/mol. The summed E-state index contributed by atoms with van der Waals surface area (Å²) < 4.78 is 0. The van der Waals surface area contributed by atoms with Gasteiger partial charge in [0.25, 0.3) is 0 Å². The van der Waals surface area contributed by atoms with Gasteiger partial charge in [-0.1, -0.05) is 0 Å². The summed E-state index contributed by atoms with van der Waals surface area (Å²) in [7, 11) is 0. The number of halogens is 1. The normalized spacial score (nSPS) is 19.4. The summed E-state index contributed by atoms with van der Waals surface area (Å²) in [4.78, 5) is 21.4. The van der Waals surface area contributed by atoms with E-state index < -0.39 is 17.4 Å². The lowest BCUT2D eigenvalue weighted by atomic mass is 9.76. The molecular formula is C8H14ClNO4. The monoisotopic (exact) mass is 223 g/mol. The lowest BCUT2D eigenvalue weighted by Crippen LogP contribution is -2.43. The van der Waals surface area contributed by atoms with Crippen LogP contribution in [0.4, 0.5) is 0 Å². The third kappa shape index (κ3) is 2.85. The number of aliphatic carboxylic acids is 2. The zero-order valence-electron chi connectivity index (χ0n) is 7.65. The molecule has 5 nitrogen and oxygen atoms in total. The van der Waals surface area contributed by atoms with Gasteiger partial charge in [0, 0.05) is 0 Å². The predicted molar refractivity (Wildman–Crippen MR) is 51.7 cm³/mol. The fraction of sp³-hybridized carbons (Fsp3) is 0.750. The van der Waals surface area contributed by atoms with Crippen LogP contribution in [0.25, 0.3) is 0 Å². The second-order valence-corrected chi connectivity index (χ2v) is 3.41. The number of carboxylic acid groups (broad SMARTS) is 2. The van der Waals surface area contributed by atoms with Crippen LogP contribution in [0.5, 0.6) is 0 Å². The lowest BCUT2D eigenvalue weighted by Gasteiger charge is -2.31. The molecule has 0 atom stereocenters. The summed E-state index contributed by atoms with van der Waals surface area (Å²) in [6.45, 7) is 1.17. The summed E-state index contributed by atoms with van der Waals surface area (Å²) in [6.07, 6.45) is 0.521. The van der Waals surface area contributed by atoms with E-state index >= 15 is 0 Å². The molecule has 0 bridgehead atoms. The molecule has 14 heavy (non-hydrogen) atoms. The molecule has 0 aromatic rings. The zero-order valence-corrected chi connectivity index (χ0v) is 8.47. The molecule has 1 rings (SSSR count). The average Bonchev–Trinajstić information content (AvgIpc) is 2.04. The van der Waals surface area contributed by atoms with Gasteiger partial charge in [0.15, 0.2) is 0 Å². The third-order valence-corrected chi connectivity index (χ3v) is 2.50. The Hall–Kier alpha value is -0.810. The first-order valence-corrected chi connectivity index (χ1v) is 4.23. The van der Waals surface area contributed by atoms with Gasteiger partial charge in [-0.2, -0.15) is 0 Å². The fourth-order valence-corrected chi connectivity index (χ4v) is 1.66. The highest BCUT2D eigenvalue weighted by Crippen LogP contribution is 2.32. The highest BCUT2D eigenvalue weighted by atomic mass is 35.5. The van der Waals surface area contributed by atoms with Crippen molar-refractivity contribution in [2.45, 2.75) is 19.3 Å². The number of hydrogen-bond donors (Lipinski definition) is 3. The second kappa shape index (κ2) is 5.17. The third-order valence-electron chi connectivity index (χ3n) is 2.50. The minimum atomic E-state index is -1.04. The van der Waals surface area contributed by atoms with Gasteiger partial charge in [0.2, 0.25) is 0 Å². The number of piperidine rings is 1. The van der Waals surface area contributed by atoms with E-state index in [0.717, 1.165) is 0 Å². The maximum absolute atomic E-state index is 10.9. The first-order chi connectivity index (χ1) is 6.07. The van der Waals surface area contributed by atoms with Crippen molar-refractivity contribution in [1.29, 1.82) is 0 Å². The highest BCUT2D eigenvalue weighted by Gasteiger charge is 2.41. The molecule has 0 spiro atoms. The van der Waals surface area contributed by atoms with Crippen LogP contribution in [0.2, 0.25) is 0 Å². The molecule has 0 unspecified atom stereocenters. The SMILES string of the molecule is Cl.O=C(O)CC1(C(=O)O)CCNCC1. The van der Waals surface area contributed by atoms with E-state index in [9.17, 15) is 9.59 Å². The zero-order chi connectivity index (χ0) is 9.90. The van der Waals surface area contributed by atoms with Gasteiger partial charge < -0.3 is 15.5 Å². The Kier molecular flexibility index (Phi) is 4.87. The van der Waals surface area contributed by atoms with E-state index in [0.29, 0.717) is 25.9 Å². The van der Waals surface area contributed by atoms with Crippen molar-refractivity contribution < 1.29 is 19.8 Å². The second-order valence-electron chi connectivity index (χ2n) is 3.41. The van der Waals surface area contributed by atoms with Crippen molar-refractivity contribution in [1.82, 2.24) is 5.32 Å². The molecule has 1 heterocycles. The van der Waals surface area contributed by atoms with Gasteiger partial charge in [-0.05, 0) is 25.9 Å². The van der Waals surface area contributed by atoms with E-state index in [2.05, 4.69) is 5.32 Å². The van der Waals surface area contributed by atoms with E-state index in [-0.39, 0.29) is 18.8 Å².